The molecular weight excluding hydrogens is 408 g/mol. The molecule has 0 saturated heterocycles. The zero-order valence-electron chi connectivity index (χ0n) is 18.6. The smallest absolute Gasteiger partial charge is 0.254 e. The van der Waals surface area contributed by atoms with Crippen LogP contribution in [0.3, 0.4) is 0 Å². The molecule has 3 aromatic rings. The number of ether oxygens (including phenoxy) is 3. The van der Waals surface area contributed by atoms with Gasteiger partial charge in [0.25, 0.3) is 11.5 Å². The van der Waals surface area contributed by atoms with Crippen molar-refractivity contribution in [2.75, 3.05) is 21.3 Å². The van der Waals surface area contributed by atoms with Gasteiger partial charge in [0.05, 0.1) is 27.9 Å². The molecule has 32 heavy (non-hydrogen) atoms. The molecule has 0 unspecified atom stereocenters. The second-order valence-electron chi connectivity index (χ2n) is 8.05. The Balaban J connectivity index is 1.72. The van der Waals surface area contributed by atoms with Crippen LogP contribution >= 0.6 is 0 Å². The number of aromatic nitrogens is 1. The van der Waals surface area contributed by atoms with E-state index in [1.165, 1.54) is 0 Å². The highest BCUT2D eigenvalue weighted by molar-refractivity contribution is 5.95. The van der Waals surface area contributed by atoms with Crippen LogP contribution in [0.2, 0.25) is 0 Å². The van der Waals surface area contributed by atoms with Gasteiger partial charge in [-0.2, -0.15) is 0 Å². The van der Waals surface area contributed by atoms with Crippen molar-refractivity contribution >= 4 is 16.8 Å². The summed E-state index contributed by atoms with van der Waals surface area (Å²) in [5.41, 5.74) is 1.56. The average Bonchev–Trinajstić information content (AvgIpc) is 3.36. The molecule has 168 valence electrons. The van der Waals surface area contributed by atoms with Gasteiger partial charge in [0, 0.05) is 34.1 Å². The molecule has 1 saturated carbocycles. The molecule has 7 heteroatoms. The summed E-state index contributed by atoms with van der Waals surface area (Å²) in [5, 5.41) is 0.862. The first kappa shape index (κ1) is 21.7. The lowest BCUT2D eigenvalue weighted by atomic mass is 10.1. The van der Waals surface area contributed by atoms with Crippen molar-refractivity contribution in [1.82, 2.24) is 9.88 Å². The zero-order valence-corrected chi connectivity index (χ0v) is 18.6. The van der Waals surface area contributed by atoms with Crippen molar-refractivity contribution in [3.05, 3.63) is 63.9 Å². The number of methoxy groups -OCH3 is 3. The van der Waals surface area contributed by atoms with Crippen LogP contribution in [0.4, 0.5) is 0 Å². The van der Waals surface area contributed by atoms with Gasteiger partial charge in [-0.15, -0.1) is 0 Å². The largest absolute Gasteiger partial charge is 0.497 e. The van der Waals surface area contributed by atoms with E-state index in [1.54, 1.807) is 39.5 Å². The number of aromatic amines is 1. The van der Waals surface area contributed by atoms with Crippen LogP contribution in [0.15, 0.2) is 47.3 Å². The Bertz CT molecular complexity index is 1160. The minimum absolute atomic E-state index is 0.0834. The van der Waals surface area contributed by atoms with Gasteiger partial charge >= 0.3 is 0 Å². The van der Waals surface area contributed by atoms with Crippen molar-refractivity contribution in [2.45, 2.75) is 38.3 Å². The predicted octanol–water partition coefficient (Wildman–Crippen LogP) is 4.14. The minimum atomic E-state index is -0.193. The lowest BCUT2D eigenvalue weighted by molar-refractivity contribution is 0.0663. The first-order valence-corrected chi connectivity index (χ1v) is 10.8. The number of benzene rings is 2. The Morgan fingerprint density at radius 3 is 2.22 bits per heavy atom. The molecule has 1 amide bonds. The minimum Gasteiger partial charge on any atom is -0.497 e. The number of hydrogen-bond acceptors (Lipinski definition) is 5. The number of amides is 1. The fourth-order valence-electron chi connectivity index (χ4n) is 4.34. The molecule has 4 rings (SSSR count). The predicted molar refractivity (Wildman–Crippen MR) is 123 cm³/mol. The maximum absolute atomic E-state index is 13.6. The molecule has 0 spiro atoms. The van der Waals surface area contributed by atoms with Crippen LogP contribution in [0.25, 0.3) is 10.9 Å². The third kappa shape index (κ3) is 4.42. The summed E-state index contributed by atoms with van der Waals surface area (Å²) in [4.78, 5) is 31.2. The van der Waals surface area contributed by atoms with E-state index in [2.05, 4.69) is 4.98 Å². The van der Waals surface area contributed by atoms with Gasteiger partial charge in [-0.25, -0.2) is 0 Å². The van der Waals surface area contributed by atoms with Crippen LogP contribution in [0.1, 0.15) is 41.6 Å². The topological polar surface area (TPSA) is 80.9 Å². The van der Waals surface area contributed by atoms with E-state index in [9.17, 15) is 9.59 Å². The Labute approximate surface area is 186 Å². The van der Waals surface area contributed by atoms with Crippen molar-refractivity contribution < 1.29 is 19.0 Å². The molecule has 1 aliphatic rings. The van der Waals surface area contributed by atoms with Gasteiger partial charge in [0.15, 0.2) is 0 Å². The van der Waals surface area contributed by atoms with Crippen LogP contribution < -0.4 is 19.8 Å². The van der Waals surface area contributed by atoms with Crippen molar-refractivity contribution in [1.29, 1.82) is 0 Å². The van der Waals surface area contributed by atoms with Crippen LogP contribution in [0.5, 0.6) is 17.2 Å². The Morgan fingerprint density at radius 1 is 0.938 bits per heavy atom. The molecule has 0 radical (unpaired) electrons. The zero-order chi connectivity index (χ0) is 22.7. The van der Waals surface area contributed by atoms with Gasteiger partial charge in [-0.05, 0) is 49.2 Å². The van der Waals surface area contributed by atoms with E-state index >= 15 is 0 Å². The number of nitrogens with one attached hydrogen (secondary N) is 1. The van der Waals surface area contributed by atoms with E-state index in [0.717, 1.165) is 36.6 Å². The molecule has 0 bridgehead atoms. The normalized spacial score (nSPS) is 13.8. The summed E-state index contributed by atoms with van der Waals surface area (Å²) in [6.07, 6.45) is 3.99. The Hall–Kier alpha value is -3.48. The van der Waals surface area contributed by atoms with Crippen LogP contribution in [0, 0.1) is 0 Å². The molecule has 1 fully saturated rings. The molecule has 1 aliphatic carbocycles. The SMILES string of the molecule is COc1cc(OC)cc(C(=O)N(Cc2cc3cc(OC)ccc3[nH]c2=O)C2CCCC2)c1. The highest BCUT2D eigenvalue weighted by Crippen LogP contribution is 2.29. The molecule has 1 aromatic heterocycles. The van der Waals surface area contributed by atoms with E-state index in [-0.39, 0.29) is 24.1 Å². The standard InChI is InChI=1S/C25H28N2O5/c1-30-20-8-9-23-16(11-20)10-18(24(28)26-23)15-27(19-6-4-5-7-19)25(29)17-12-21(31-2)14-22(13-17)32-3/h8-14,19H,4-7,15H2,1-3H3,(H,26,28). The molecule has 1 N–H and O–H groups in total. The molecule has 7 nitrogen and oxygen atoms in total. The summed E-state index contributed by atoms with van der Waals surface area (Å²) in [6, 6.07) is 12.6. The lowest BCUT2D eigenvalue weighted by Crippen LogP contribution is -2.39. The quantitative estimate of drug-likeness (QED) is 0.602. The van der Waals surface area contributed by atoms with Gasteiger partial charge < -0.3 is 24.1 Å². The second-order valence-corrected chi connectivity index (χ2v) is 8.05. The van der Waals surface area contributed by atoms with Crippen LogP contribution in [-0.2, 0) is 6.54 Å². The van der Waals surface area contributed by atoms with Crippen molar-refractivity contribution in [2.24, 2.45) is 0 Å². The number of rotatable bonds is 7. The number of carbonyl (C=O) groups excluding carboxylic acids is 1. The van der Waals surface area contributed by atoms with Crippen molar-refractivity contribution in [3.63, 3.8) is 0 Å². The Kier molecular flexibility index (Phi) is 6.35. The summed E-state index contributed by atoms with van der Waals surface area (Å²) < 4.78 is 16.0. The summed E-state index contributed by atoms with van der Waals surface area (Å²) in [6.45, 7) is 0.228. The third-order valence-corrected chi connectivity index (χ3v) is 6.09. The highest BCUT2D eigenvalue weighted by Gasteiger charge is 2.29. The number of H-pyrrole nitrogens is 1. The van der Waals surface area contributed by atoms with E-state index < -0.39 is 0 Å². The Morgan fingerprint density at radius 2 is 1.59 bits per heavy atom. The van der Waals surface area contributed by atoms with Crippen molar-refractivity contribution in [3.8, 4) is 17.2 Å². The van der Waals surface area contributed by atoms with E-state index in [1.807, 2.05) is 29.2 Å². The van der Waals surface area contributed by atoms with Crippen LogP contribution in [-0.4, -0.2) is 43.2 Å². The number of hydrogen-bond donors (Lipinski definition) is 1. The van der Waals surface area contributed by atoms with E-state index in [4.69, 9.17) is 14.2 Å². The number of nitrogens with zero attached hydrogens (tertiary/aromatic N) is 1. The molecule has 0 atom stereocenters. The number of fused-ring (bicyclic) bond motifs is 1. The molecule has 2 aromatic carbocycles. The fourth-order valence-corrected chi connectivity index (χ4v) is 4.34. The van der Waals surface area contributed by atoms with Gasteiger partial charge in [-0.1, -0.05) is 12.8 Å². The van der Waals surface area contributed by atoms with E-state index in [0.29, 0.717) is 28.4 Å². The maximum atomic E-state index is 13.6. The molecular formula is C25H28N2O5. The highest BCUT2D eigenvalue weighted by atomic mass is 16.5. The lowest BCUT2D eigenvalue weighted by Gasteiger charge is -2.29. The monoisotopic (exact) mass is 436 g/mol. The summed E-state index contributed by atoms with van der Waals surface area (Å²) in [5.74, 6) is 1.67. The average molecular weight is 437 g/mol. The molecule has 0 aliphatic heterocycles. The third-order valence-electron chi connectivity index (χ3n) is 6.09. The first-order chi connectivity index (χ1) is 15.5. The molecule has 1 heterocycles. The van der Waals surface area contributed by atoms with Gasteiger partial charge in [-0.3, -0.25) is 9.59 Å². The number of pyridine rings is 1. The van der Waals surface area contributed by atoms with Gasteiger partial charge in [0.2, 0.25) is 0 Å². The number of carbonyl (C=O) groups is 1. The second kappa shape index (κ2) is 9.34. The maximum Gasteiger partial charge on any atom is 0.254 e. The summed E-state index contributed by atoms with van der Waals surface area (Å²) in [7, 11) is 4.72. The first-order valence-electron chi connectivity index (χ1n) is 10.8. The van der Waals surface area contributed by atoms with Gasteiger partial charge in [0.1, 0.15) is 17.2 Å². The fraction of sp³-hybridized carbons (Fsp3) is 0.360. The summed E-state index contributed by atoms with van der Waals surface area (Å²) >= 11 is 0.